The maximum atomic E-state index is 3.57. The number of fused-ring (bicyclic) bond motifs is 1. The summed E-state index contributed by atoms with van der Waals surface area (Å²) in [6.07, 6.45) is 2.67. The average molecular weight is 197 g/mol. The Hall–Kier alpha value is -0.120. The van der Waals surface area contributed by atoms with Gasteiger partial charge in [-0.2, -0.15) is 0 Å². The second kappa shape index (κ2) is 4.60. The quantitative estimate of drug-likeness (QED) is 0.690. The Morgan fingerprint density at radius 3 is 2.93 bits per heavy atom. The van der Waals surface area contributed by atoms with E-state index in [9.17, 15) is 0 Å². The monoisotopic (exact) mass is 197 g/mol. The van der Waals surface area contributed by atoms with E-state index in [1.54, 1.807) is 0 Å². The minimum atomic E-state index is 0.763. The number of likely N-dealkylation sites (N-methyl/N-ethyl adjacent to an activating group) is 1. The summed E-state index contributed by atoms with van der Waals surface area (Å²) in [4.78, 5) is 5.19. The van der Waals surface area contributed by atoms with Gasteiger partial charge < -0.3 is 10.2 Å². The van der Waals surface area contributed by atoms with E-state index in [0.29, 0.717) is 0 Å². The van der Waals surface area contributed by atoms with Crippen LogP contribution in [0.25, 0.3) is 0 Å². The molecule has 0 aromatic rings. The van der Waals surface area contributed by atoms with E-state index in [1.807, 2.05) is 0 Å². The Morgan fingerprint density at radius 2 is 2.14 bits per heavy atom. The van der Waals surface area contributed by atoms with Gasteiger partial charge in [-0.1, -0.05) is 13.3 Å². The van der Waals surface area contributed by atoms with Crippen LogP contribution in [0.3, 0.4) is 0 Å². The molecule has 2 atom stereocenters. The highest BCUT2D eigenvalue weighted by Gasteiger charge is 2.32. The van der Waals surface area contributed by atoms with Gasteiger partial charge in [-0.3, -0.25) is 4.90 Å². The predicted octanol–water partition coefficient (Wildman–Crippen LogP) is 0.374. The van der Waals surface area contributed by atoms with Gasteiger partial charge in [0, 0.05) is 44.8 Å². The molecule has 0 saturated carbocycles. The Kier molecular flexibility index (Phi) is 3.42. The van der Waals surface area contributed by atoms with Gasteiger partial charge in [0.05, 0.1) is 0 Å². The molecule has 2 heterocycles. The molecular formula is C11H23N3. The fraction of sp³-hybridized carbons (Fsp3) is 1.00. The van der Waals surface area contributed by atoms with Gasteiger partial charge in [-0.25, -0.2) is 0 Å². The second-order valence-electron chi connectivity index (χ2n) is 4.75. The lowest BCUT2D eigenvalue weighted by atomic mass is 10.0. The van der Waals surface area contributed by atoms with E-state index in [1.165, 1.54) is 45.6 Å². The Balaban J connectivity index is 1.95. The average Bonchev–Trinajstić information content (AvgIpc) is 2.18. The van der Waals surface area contributed by atoms with Crippen LogP contribution in [0.15, 0.2) is 0 Å². The van der Waals surface area contributed by atoms with Crippen molar-refractivity contribution >= 4 is 0 Å². The largest absolute Gasteiger partial charge is 0.314 e. The molecule has 82 valence electrons. The van der Waals surface area contributed by atoms with Gasteiger partial charge >= 0.3 is 0 Å². The first-order chi connectivity index (χ1) is 6.81. The van der Waals surface area contributed by atoms with Crippen molar-refractivity contribution in [1.82, 2.24) is 15.1 Å². The van der Waals surface area contributed by atoms with Crippen molar-refractivity contribution in [3.63, 3.8) is 0 Å². The van der Waals surface area contributed by atoms with E-state index in [2.05, 4.69) is 29.1 Å². The van der Waals surface area contributed by atoms with Crippen LogP contribution in [0.1, 0.15) is 19.8 Å². The predicted molar refractivity (Wildman–Crippen MR) is 59.6 cm³/mol. The third-order valence-electron chi connectivity index (χ3n) is 3.58. The molecule has 2 rings (SSSR count). The lowest BCUT2D eigenvalue weighted by Crippen LogP contribution is -2.64. The molecule has 14 heavy (non-hydrogen) atoms. The van der Waals surface area contributed by atoms with Crippen molar-refractivity contribution < 1.29 is 0 Å². The molecule has 0 amide bonds. The fourth-order valence-electron chi connectivity index (χ4n) is 2.82. The van der Waals surface area contributed by atoms with Crippen LogP contribution in [0.2, 0.25) is 0 Å². The first-order valence-corrected chi connectivity index (χ1v) is 5.96. The summed E-state index contributed by atoms with van der Waals surface area (Å²) in [5, 5.41) is 3.57. The van der Waals surface area contributed by atoms with Crippen LogP contribution in [0, 0.1) is 0 Å². The number of rotatable bonds is 2. The van der Waals surface area contributed by atoms with E-state index in [0.717, 1.165) is 12.1 Å². The van der Waals surface area contributed by atoms with Gasteiger partial charge in [0.2, 0.25) is 0 Å². The minimum absolute atomic E-state index is 0.763. The zero-order valence-electron chi connectivity index (χ0n) is 9.50. The van der Waals surface area contributed by atoms with Crippen LogP contribution in [0.5, 0.6) is 0 Å². The normalized spacial score (nSPS) is 35.6. The lowest BCUT2D eigenvalue weighted by Gasteiger charge is -2.47. The summed E-state index contributed by atoms with van der Waals surface area (Å²) < 4.78 is 0. The standard InChI is InChI=1S/C11H23N3/c1-3-4-10-7-12-8-11-9-13(2)5-6-14(10)11/h10-12H,3-9H2,1-2H3. The van der Waals surface area contributed by atoms with Gasteiger partial charge in [-0.15, -0.1) is 0 Å². The minimum Gasteiger partial charge on any atom is -0.314 e. The Bertz CT molecular complexity index is 175. The Labute approximate surface area is 87.4 Å². The van der Waals surface area contributed by atoms with Crippen molar-refractivity contribution in [3.8, 4) is 0 Å². The molecule has 3 nitrogen and oxygen atoms in total. The third kappa shape index (κ3) is 2.10. The number of hydrogen-bond donors (Lipinski definition) is 1. The SMILES string of the molecule is CCCC1CNCC2CN(C)CCN12. The molecule has 2 aliphatic rings. The summed E-state index contributed by atoms with van der Waals surface area (Å²) in [6.45, 7) is 8.44. The number of piperazine rings is 2. The van der Waals surface area contributed by atoms with Crippen LogP contribution in [0.4, 0.5) is 0 Å². The van der Waals surface area contributed by atoms with Gasteiger partial charge in [0.15, 0.2) is 0 Å². The Morgan fingerprint density at radius 1 is 1.29 bits per heavy atom. The van der Waals surface area contributed by atoms with E-state index in [4.69, 9.17) is 0 Å². The smallest absolute Gasteiger partial charge is 0.0351 e. The summed E-state index contributed by atoms with van der Waals surface area (Å²) in [7, 11) is 2.24. The van der Waals surface area contributed by atoms with E-state index in [-0.39, 0.29) is 0 Å². The van der Waals surface area contributed by atoms with Crippen molar-refractivity contribution in [3.05, 3.63) is 0 Å². The fourth-order valence-corrected chi connectivity index (χ4v) is 2.82. The molecular weight excluding hydrogens is 174 g/mol. The molecule has 1 N–H and O–H groups in total. The molecule has 2 saturated heterocycles. The second-order valence-corrected chi connectivity index (χ2v) is 4.75. The van der Waals surface area contributed by atoms with E-state index < -0.39 is 0 Å². The highest BCUT2D eigenvalue weighted by atomic mass is 15.3. The molecule has 0 aliphatic carbocycles. The zero-order valence-corrected chi connectivity index (χ0v) is 9.50. The van der Waals surface area contributed by atoms with Gasteiger partial charge in [0.1, 0.15) is 0 Å². The third-order valence-corrected chi connectivity index (χ3v) is 3.58. The zero-order chi connectivity index (χ0) is 9.97. The molecule has 0 bridgehead atoms. The molecule has 0 aromatic carbocycles. The van der Waals surface area contributed by atoms with Crippen LogP contribution in [-0.2, 0) is 0 Å². The van der Waals surface area contributed by atoms with Crippen molar-refractivity contribution in [2.75, 3.05) is 39.8 Å². The molecule has 0 aromatic heterocycles. The highest BCUT2D eigenvalue weighted by molar-refractivity contribution is 4.91. The highest BCUT2D eigenvalue weighted by Crippen LogP contribution is 2.18. The molecule has 0 radical (unpaired) electrons. The molecule has 3 heteroatoms. The molecule has 2 unspecified atom stereocenters. The topological polar surface area (TPSA) is 18.5 Å². The molecule has 0 spiro atoms. The lowest BCUT2D eigenvalue weighted by molar-refractivity contribution is 0.0263. The van der Waals surface area contributed by atoms with Crippen LogP contribution < -0.4 is 5.32 Å². The number of hydrogen-bond acceptors (Lipinski definition) is 3. The summed E-state index contributed by atoms with van der Waals surface area (Å²) in [5.74, 6) is 0. The maximum absolute atomic E-state index is 3.57. The van der Waals surface area contributed by atoms with Crippen molar-refractivity contribution in [2.24, 2.45) is 0 Å². The summed E-state index contributed by atoms with van der Waals surface area (Å²) >= 11 is 0. The maximum Gasteiger partial charge on any atom is 0.0351 e. The van der Waals surface area contributed by atoms with Crippen LogP contribution in [-0.4, -0.2) is 61.7 Å². The summed E-state index contributed by atoms with van der Waals surface area (Å²) in [5.41, 5.74) is 0. The number of nitrogens with zero attached hydrogens (tertiary/aromatic N) is 2. The first-order valence-electron chi connectivity index (χ1n) is 5.96. The number of nitrogens with one attached hydrogen (secondary N) is 1. The molecule has 2 aliphatic heterocycles. The van der Waals surface area contributed by atoms with Crippen LogP contribution >= 0.6 is 0 Å². The van der Waals surface area contributed by atoms with Gasteiger partial charge in [0.25, 0.3) is 0 Å². The molecule has 2 fully saturated rings. The van der Waals surface area contributed by atoms with Crippen molar-refractivity contribution in [2.45, 2.75) is 31.8 Å². The summed E-state index contributed by atoms with van der Waals surface area (Å²) in [6, 6.07) is 1.56. The first kappa shape index (κ1) is 10.4. The van der Waals surface area contributed by atoms with Gasteiger partial charge in [-0.05, 0) is 13.5 Å². The van der Waals surface area contributed by atoms with E-state index >= 15 is 0 Å². The van der Waals surface area contributed by atoms with Crippen molar-refractivity contribution in [1.29, 1.82) is 0 Å².